The molecular formula is C18H25N5O2. The van der Waals surface area contributed by atoms with Gasteiger partial charge in [-0.3, -0.25) is 9.63 Å². The summed E-state index contributed by atoms with van der Waals surface area (Å²) in [5.74, 6) is 0.525. The molecule has 7 nitrogen and oxygen atoms in total. The largest absolute Gasteiger partial charge is 0.272 e. The van der Waals surface area contributed by atoms with Gasteiger partial charge in [-0.25, -0.2) is 19.7 Å². The molecule has 25 heavy (non-hydrogen) atoms. The van der Waals surface area contributed by atoms with Crippen molar-refractivity contribution in [2.24, 2.45) is 0 Å². The Bertz CT molecular complexity index is 756. The molecular weight excluding hydrogens is 318 g/mol. The lowest BCUT2D eigenvalue weighted by molar-refractivity contribution is -0.182. The average Bonchev–Trinajstić information content (AvgIpc) is 2.76. The predicted octanol–water partition coefficient (Wildman–Crippen LogP) is 2.38. The Kier molecular flexibility index (Phi) is 5.13. The third-order valence-electron chi connectivity index (χ3n) is 4.46. The molecule has 0 aliphatic carbocycles. The number of amides is 1. The summed E-state index contributed by atoms with van der Waals surface area (Å²) in [6.45, 7) is 9.01. The minimum absolute atomic E-state index is 0.0195. The van der Waals surface area contributed by atoms with Crippen LogP contribution in [0.4, 0.5) is 0 Å². The number of aryl methyl sites for hydroxylation is 3. The first-order valence-electron chi connectivity index (χ1n) is 8.76. The van der Waals surface area contributed by atoms with Crippen LogP contribution in [0, 0.1) is 27.7 Å². The summed E-state index contributed by atoms with van der Waals surface area (Å²) in [5, 5.41) is 6.07. The smallest absolute Gasteiger partial charge is 0.251 e. The molecule has 0 atom stereocenters. The van der Waals surface area contributed by atoms with Crippen molar-refractivity contribution in [2.45, 2.75) is 53.4 Å². The van der Waals surface area contributed by atoms with Crippen LogP contribution in [-0.4, -0.2) is 43.9 Å². The molecule has 3 rings (SSSR count). The van der Waals surface area contributed by atoms with E-state index in [0.29, 0.717) is 19.1 Å². The Morgan fingerprint density at radius 1 is 1.12 bits per heavy atom. The highest BCUT2D eigenvalue weighted by molar-refractivity contribution is 5.78. The summed E-state index contributed by atoms with van der Waals surface area (Å²) in [4.78, 5) is 27.1. The van der Waals surface area contributed by atoms with Gasteiger partial charge in [-0.1, -0.05) is 0 Å². The number of nitrogens with zero attached hydrogens (tertiary/aromatic N) is 5. The molecule has 0 radical (unpaired) electrons. The molecule has 2 aromatic heterocycles. The standard InChI is InChI=1S/C18H25N5O2/c1-12-10-13(2)20-18(19-12)23-15(4)16(14(3)21-23)11-17(24)22-8-6-5-7-9-25-22/h10H,5-9,11H2,1-4H3. The highest BCUT2D eigenvalue weighted by Crippen LogP contribution is 2.19. The van der Waals surface area contributed by atoms with Gasteiger partial charge in [0.2, 0.25) is 0 Å². The van der Waals surface area contributed by atoms with Crippen LogP contribution in [0.25, 0.3) is 5.95 Å². The Balaban J connectivity index is 1.85. The second-order valence-corrected chi connectivity index (χ2v) is 6.58. The van der Waals surface area contributed by atoms with E-state index in [1.807, 2.05) is 33.8 Å². The van der Waals surface area contributed by atoms with Crippen LogP contribution in [0.1, 0.15) is 47.6 Å². The van der Waals surface area contributed by atoms with E-state index in [1.165, 1.54) is 5.06 Å². The number of aromatic nitrogens is 4. The molecule has 0 N–H and O–H groups in total. The van der Waals surface area contributed by atoms with Crippen molar-refractivity contribution >= 4 is 5.91 Å². The van der Waals surface area contributed by atoms with Gasteiger partial charge in [-0.2, -0.15) is 5.10 Å². The van der Waals surface area contributed by atoms with Crippen LogP contribution in [0.5, 0.6) is 0 Å². The van der Waals surface area contributed by atoms with Crippen molar-refractivity contribution in [2.75, 3.05) is 13.2 Å². The number of hydrogen-bond donors (Lipinski definition) is 0. The van der Waals surface area contributed by atoms with Crippen molar-refractivity contribution in [3.05, 3.63) is 34.4 Å². The Morgan fingerprint density at radius 3 is 2.56 bits per heavy atom. The first-order chi connectivity index (χ1) is 12.0. The maximum Gasteiger partial charge on any atom is 0.251 e. The number of hydroxylamine groups is 2. The third-order valence-corrected chi connectivity index (χ3v) is 4.46. The zero-order valence-electron chi connectivity index (χ0n) is 15.4. The van der Waals surface area contributed by atoms with Crippen LogP contribution >= 0.6 is 0 Å². The summed E-state index contributed by atoms with van der Waals surface area (Å²) in [7, 11) is 0. The summed E-state index contributed by atoms with van der Waals surface area (Å²) in [6.07, 6.45) is 3.37. The fraction of sp³-hybridized carbons (Fsp3) is 0.556. The zero-order valence-corrected chi connectivity index (χ0v) is 15.4. The number of hydrogen-bond acceptors (Lipinski definition) is 5. The molecule has 1 fully saturated rings. The third kappa shape index (κ3) is 3.87. The molecule has 0 saturated carbocycles. The van der Waals surface area contributed by atoms with E-state index in [-0.39, 0.29) is 12.3 Å². The molecule has 7 heteroatoms. The predicted molar refractivity (Wildman–Crippen MR) is 93.3 cm³/mol. The SMILES string of the molecule is Cc1cc(C)nc(-n2nc(C)c(CC(=O)N3CCCCCO3)c2C)n1. The van der Waals surface area contributed by atoms with Crippen molar-refractivity contribution in [3.63, 3.8) is 0 Å². The normalized spacial score (nSPS) is 15.3. The topological polar surface area (TPSA) is 73.1 Å². The molecule has 3 heterocycles. The van der Waals surface area contributed by atoms with Gasteiger partial charge >= 0.3 is 0 Å². The molecule has 1 aliphatic heterocycles. The fourth-order valence-electron chi connectivity index (χ4n) is 3.14. The van der Waals surface area contributed by atoms with E-state index in [0.717, 1.165) is 47.6 Å². The van der Waals surface area contributed by atoms with E-state index in [1.54, 1.807) is 4.68 Å². The van der Waals surface area contributed by atoms with Crippen LogP contribution in [0.2, 0.25) is 0 Å². The second-order valence-electron chi connectivity index (χ2n) is 6.58. The summed E-state index contributed by atoms with van der Waals surface area (Å²) < 4.78 is 1.72. The van der Waals surface area contributed by atoms with Gasteiger partial charge in [0.15, 0.2) is 0 Å². The molecule has 1 aliphatic rings. The van der Waals surface area contributed by atoms with E-state index in [4.69, 9.17) is 4.84 Å². The minimum Gasteiger partial charge on any atom is -0.272 e. The van der Waals surface area contributed by atoms with Gasteiger partial charge in [0.25, 0.3) is 11.9 Å². The van der Waals surface area contributed by atoms with E-state index in [9.17, 15) is 4.79 Å². The Morgan fingerprint density at radius 2 is 1.84 bits per heavy atom. The van der Waals surface area contributed by atoms with Crippen LogP contribution in [0.15, 0.2) is 6.07 Å². The summed E-state index contributed by atoms with van der Waals surface area (Å²) >= 11 is 0. The van der Waals surface area contributed by atoms with E-state index in [2.05, 4.69) is 15.1 Å². The quantitative estimate of drug-likeness (QED) is 0.855. The molecule has 0 unspecified atom stereocenters. The van der Waals surface area contributed by atoms with Gasteiger partial charge in [0.05, 0.1) is 18.7 Å². The molecule has 134 valence electrons. The van der Waals surface area contributed by atoms with Gasteiger partial charge in [0, 0.05) is 29.2 Å². The monoisotopic (exact) mass is 343 g/mol. The van der Waals surface area contributed by atoms with Crippen molar-refractivity contribution in [1.29, 1.82) is 0 Å². The average molecular weight is 343 g/mol. The molecule has 1 amide bonds. The fourth-order valence-corrected chi connectivity index (χ4v) is 3.14. The molecule has 0 spiro atoms. The molecule has 1 saturated heterocycles. The molecule has 0 bridgehead atoms. The number of carbonyl (C=O) groups excluding carboxylic acids is 1. The first-order valence-corrected chi connectivity index (χ1v) is 8.76. The van der Waals surface area contributed by atoms with Gasteiger partial charge in [-0.15, -0.1) is 0 Å². The molecule has 0 aromatic carbocycles. The Hall–Kier alpha value is -2.28. The highest BCUT2D eigenvalue weighted by atomic mass is 16.7. The van der Waals surface area contributed by atoms with E-state index < -0.39 is 0 Å². The minimum atomic E-state index is -0.0195. The lowest BCUT2D eigenvalue weighted by Gasteiger charge is -2.19. The van der Waals surface area contributed by atoms with Gasteiger partial charge < -0.3 is 0 Å². The highest BCUT2D eigenvalue weighted by Gasteiger charge is 2.22. The first kappa shape index (κ1) is 17.5. The van der Waals surface area contributed by atoms with Crippen LogP contribution in [0.3, 0.4) is 0 Å². The van der Waals surface area contributed by atoms with Crippen LogP contribution < -0.4 is 0 Å². The van der Waals surface area contributed by atoms with E-state index >= 15 is 0 Å². The summed E-state index contributed by atoms with van der Waals surface area (Å²) in [5.41, 5.74) is 4.42. The van der Waals surface area contributed by atoms with Gasteiger partial charge in [-0.05, 0) is 53.0 Å². The number of rotatable bonds is 3. The Labute approximate surface area is 148 Å². The van der Waals surface area contributed by atoms with Crippen molar-refractivity contribution in [3.8, 4) is 5.95 Å². The van der Waals surface area contributed by atoms with Crippen molar-refractivity contribution < 1.29 is 9.63 Å². The maximum absolute atomic E-state index is 12.6. The van der Waals surface area contributed by atoms with Crippen molar-refractivity contribution in [1.82, 2.24) is 24.8 Å². The molecule has 2 aromatic rings. The number of carbonyl (C=O) groups is 1. The lowest BCUT2D eigenvalue weighted by Crippen LogP contribution is -2.32. The van der Waals surface area contributed by atoms with Crippen LogP contribution in [-0.2, 0) is 16.1 Å². The summed E-state index contributed by atoms with van der Waals surface area (Å²) in [6, 6.07) is 1.93. The van der Waals surface area contributed by atoms with Gasteiger partial charge in [0.1, 0.15) is 0 Å². The lowest BCUT2D eigenvalue weighted by atomic mass is 10.1. The zero-order chi connectivity index (χ0) is 18.0. The second kappa shape index (κ2) is 7.31. The maximum atomic E-state index is 12.6.